The summed E-state index contributed by atoms with van der Waals surface area (Å²) < 4.78 is 2.22. The number of rotatable bonds is 6. The van der Waals surface area contributed by atoms with E-state index in [4.69, 9.17) is 0 Å². The number of anilines is 1. The van der Waals surface area contributed by atoms with Gasteiger partial charge in [-0.05, 0) is 62.4 Å². The number of piperidine rings is 1. The van der Waals surface area contributed by atoms with Crippen LogP contribution in [0.5, 0.6) is 0 Å². The summed E-state index contributed by atoms with van der Waals surface area (Å²) in [6, 6.07) is 12.8. The fourth-order valence-electron chi connectivity index (χ4n) is 3.38. The van der Waals surface area contributed by atoms with Crippen molar-refractivity contribution in [2.24, 2.45) is 0 Å². The van der Waals surface area contributed by atoms with Crippen LogP contribution in [0.15, 0.2) is 53.9 Å². The van der Waals surface area contributed by atoms with Gasteiger partial charge in [-0.25, -0.2) is 0 Å². The molecule has 0 unspecified atom stereocenters. The Morgan fingerprint density at radius 3 is 2.41 bits per heavy atom. The number of benzene rings is 1. The summed E-state index contributed by atoms with van der Waals surface area (Å²) in [4.78, 5) is 6.47. The summed E-state index contributed by atoms with van der Waals surface area (Å²) >= 11 is 1.77. The highest BCUT2D eigenvalue weighted by Gasteiger charge is 2.21. The molecule has 1 fully saturated rings. The molecule has 6 heteroatoms. The Kier molecular flexibility index (Phi) is 5.72. The normalized spacial score (nSPS) is 14.5. The van der Waals surface area contributed by atoms with Crippen LogP contribution in [0.3, 0.4) is 0 Å². The molecule has 0 N–H and O–H groups in total. The minimum absolute atomic E-state index is 0.966. The third-order valence-corrected chi connectivity index (χ3v) is 5.85. The largest absolute Gasteiger partial charge is 0.341 e. The second-order valence-electron chi connectivity index (χ2n) is 6.96. The van der Waals surface area contributed by atoms with Gasteiger partial charge in [-0.3, -0.25) is 9.55 Å². The van der Waals surface area contributed by atoms with Crippen LogP contribution in [0.25, 0.3) is 5.69 Å². The van der Waals surface area contributed by atoms with Gasteiger partial charge in [-0.2, -0.15) is 0 Å². The molecular weight excluding hydrogens is 354 g/mol. The minimum atomic E-state index is 0.966. The highest BCUT2D eigenvalue weighted by molar-refractivity contribution is 7.99. The third kappa shape index (κ3) is 4.33. The standard InChI is InChI=1S/C21H25N5S/c1-17-5-7-19(8-6-17)26-20(25-14-3-2-4-15-25)23-24-21(26)27-16-11-18-9-12-22-13-10-18/h5-10,12-13H,2-4,11,14-16H2,1H3. The molecule has 27 heavy (non-hydrogen) atoms. The lowest BCUT2D eigenvalue weighted by Gasteiger charge is -2.27. The van der Waals surface area contributed by atoms with E-state index in [2.05, 4.69) is 68.0 Å². The van der Waals surface area contributed by atoms with E-state index in [1.54, 1.807) is 11.8 Å². The minimum Gasteiger partial charge on any atom is -0.341 e. The van der Waals surface area contributed by atoms with Gasteiger partial charge in [0.05, 0.1) is 5.69 Å². The van der Waals surface area contributed by atoms with Crippen molar-refractivity contribution in [3.05, 3.63) is 59.9 Å². The zero-order chi connectivity index (χ0) is 18.5. The first-order valence-corrected chi connectivity index (χ1v) is 10.6. The first-order chi connectivity index (χ1) is 13.3. The zero-order valence-corrected chi connectivity index (χ0v) is 16.5. The molecule has 140 valence electrons. The molecule has 0 amide bonds. The van der Waals surface area contributed by atoms with E-state index in [0.29, 0.717) is 0 Å². The Hall–Kier alpha value is -2.34. The number of pyridine rings is 1. The van der Waals surface area contributed by atoms with Crippen LogP contribution in [-0.4, -0.2) is 38.6 Å². The molecule has 1 aromatic carbocycles. The topological polar surface area (TPSA) is 46.8 Å². The Morgan fingerprint density at radius 1 is 0.926 bits per heavy atom. The van der Waals surface area contributed by atoms with Crippen molar-refractivity contribution in [1.82, 2.24) is 19.7 Å². The molecule has 0 spiro atoms. The lowest BCUT2D eigenvalue weighted by atomic mass is 10.1. The van der Waals surface area contributed by atoms with Gasteiger partial charge in [0.25, 0.3) is 0 Å². The molecule has 5 nitrogen and oxygen atoms in total. The first-order valence-electron chi connectivity index (χ1n) is 9.60. The summed E-state index contributed by atoms with van der Waals surface area (Å²) in [5, 5.41) is 10.1. The third-order valence-electron chi connectivity index (χ3n) is 4.92. The molecule has 1 aliphatic heterocycles. The molecule has 0 radical (unpaired) electrons. The van der Waals surface area contributed by atoms with E-state index in [0.717, 1.165) is 42.1 Å². The summed E-state index contributed by atoms with van der Waals surface area (Å²) in [6.07, 6.45) is 8.46. The Bertz CT molecular complexity index is 854. The van der Waals surface area contributed by atoms with Crippen LogP contribution in [0.2, 0.25) is 0 Å². The highest BCUT2D eigenvalue weighted by Crippen LogP contribution is 2.28. The molecule has 0 aliphatic carbocycles. The van der Waals surface area contributed by atoms with E-state index >= 15 is 0 Å². The summed E-state index contributed by atoms with van der Waals surface area (Å²) in [5.41, 5.74) is 3.70. The van der Waals surface area contributed by atoms with Crippen LogP contribution in [0, 0.1) is 6.92 Å². The van der Waals surface area contributed by atoms with Gasteiger partial charge in [-0.15, -0.1) is 10.2 Å². The maximum atomic E-state index is 4.57. The van der Waals surface area contributed by atoms with E-state index in [-0.39, 0.29) is 0 Å². The van der Waals surface area contributed by atoms with Gasteiger partial charge < -0.3 is 4.90 Å². The smallest absolute Gasteiger partial charge is 0.232 e. The van der Waals surface area contributed by atoms with Crippen LogP contribution in [-0.2, 0) is 6.42 Å². The summed E-state index contributed by atoms with van der Waals surface area (Å²) in [6.45, 7) is 4.24. The predicted molar refractivity (Wildman–Crippen MR) is 111 cm³/mol. The van der Waals surface area contributed by atoms with Crippen molar-refractivity contribution >= 4 is 17.7 Å². The van der Waals surface area contributed by atoms with E-state index in [1.165, 1.54) is 30.4 Å². The van der Waals surface area contributed by atoms with Crippen molar-refractivity contribution in [3.63, 3.8) is 0 Å². The Balaban J connectivity index is 1.58. The van der Waals surface area contributed by atoms with E-state index in [1.807, 2.05) is 12.4 Å². The lowest BCUT2D eigenvalue weighted by Crippen LogP contribution is -2.31. The monoisotopic (exact) mass is 379 g/mol. The number of hydrogen-bond acceptors (Lipinski definition) is 5. The van der Waals surface area contributed by atoms with Gasteiger partial charge in [0, 0.05) is 31.2 Å². The van der Waals surface area contributed by atoms with Crippen LogP contribution in [0.1, 0.15) is 30.4 Å². The van der Waals surface area contributed by atoms with Crippen molar-refractivity contribution in [2.75, 3.05) is 23.7 Å². The predicted octanol–water partition coefficient (Wildman–Crippen LogP) is 4.30. The molecule has 3 heterocycles. The summed E-state index contributed by atoms with van der Waals surface area (Å²) in [7, 11) is 0. The molecule has 2 aromatic heterocycles. The number of aromatic nitrogens is 4. The van der Waals surface area contributed by atoms with E-state index < -0.39 is 0 Å². The average Bonchev–Trinajstić information content (AvgIpc) is 3.14. The molecule has 1 saturated heterocycles. The number of thioether (sulfide) groups is 1. The number of aryl methyl sites for hydroxylation is 2. The van der Waals surface area contributed by atoms with Crippen molar-refractivity contribution < 1.29 is 0 Å². The molecule has 0 bridgehead atoms. The fraction of sp³-hybridized carbons (Fsp3) is 0.381. The van der Waals surface area contributed by atoms with Crippen LogP contribution in [0.4, 0.5) is 5.95 Å². The molecular formula is C21H25N5S. The molecule has 1 aliphatic rings. The molecule has 0 atom stereocenters. The maximum absolute atomic E-state index is 4.57. The highest BCUT2D eigenvalue weighted by atomic mass is 32.2. The quantitative estimate of drug-likeness (QED) is 0.598. The SMILES string of the molecule is Cc1ccc(-n2c(SCCc3ccncc3)nnc2N2CCCCC2)cc1. The Labute approximate surface area is 164 Å². The van der Waals surface area contributed by atoms with Gasteiger partial charge >= 0.3 is 0 Å². The van der Waals surface area contributed by atoms with Crippen molar-refractivity contribution in [2.45, 2.75) is 37.8 Å². The molecule has 0 saturated carbocycles. The molecule has 4 rings (SSSR count). The lowest BCUT2D eigenvalue weighted by molar-refractivity contribution is 0.564. The molecule has 3 aromatic rings. The first kappa shape index (κ1) is 18.0. The van der Waals surface area contributed by atoms with Crippen molar-refractivity contribution in [3.8, 4) is 5.69 Å². The fourth-order valence-corrected chi connectivity index (χ4v) is 4.32. The van der Waals surface area contributed by atoms with Gasteiger partial charge in [0.2, 0.25) is 5.95 Å². The Morgan fingerprint density at radius 2 is 1.67 bits per heavy atom. The van der Waals surface area contributed by atoms with Crippen LogP contribution < -0.4 is 4.90 Å². The van der Waals surface area contributed by atoms with Gasteiger partial charge in [0.1, 0.15) is 0 Å². The summed E-state index contributed by atoms with van der Waals surface area (Å²) in [5.74, 6) is 1.94. The van der Waals surface area contributed by atoms with Gasteiger partial charge in [-0.1, -0.05) is 29.5 Å². The zero-order valence-electron chi connectivity index (χ0n) is 15.7. The van der Waals surface area contributed by atoms with Gasteiger partial charge in [0.15, 0.2) is 5.16 Å². The number of nitrogens with zero attached hydrogens (tertiary/aromatic N) is 5. The second-order valence-corrected chi connectivity index (χ2v) is 8.02. The maximum Gasteiger partial charge on any atom is 0.232 e. The van der Waals surface area contributed by atoms with Crippen molar-refractivity contribution in [1.29, 1.82) is 0 Å². The van der Waals surface area contributed by atoms with Crippen LogP contribution >= 0.6 is 11.8 Å². The number of hydrogen-bond donors (Lipinski definition) is 0. The average molecular weight is 380 g/mol. The van der Waals surface area contributed by atoms with E-state index in [9.17, 15) is 0 Å². The second kappa shape index (κ2) is 8.57.